The predicted octanol–water partition coefficient (Wildman–Crippen LogP) is 4.06. The molecule has 3 aromatic rings. The van der Waals surface area contributed by atoms with E-state index in [1.807, 2.05) is 30.3 Å². The summed E-state index contributed by atoms with van der Waals surface area (Å²) in [5.41, 5.74) is 2.49. The molecule has 1 saturated heterocycles. The number of carbonyl (C=O) groups is 2. The van der Waals surface area contributed by atoms with Crippen molar-refractivity contribution in [1.82, 2.24) is 15.2 Å². The molecule has 5 rings (SSSR count). The molecule has 0 aliphatic carbocycles. The minimum absolute atomic E-state index is 0.122. The van der Waals surface area contributed by atoms with E-state index >= 15 is 0 Å². The zero-order chi connectivity index (χ0) is 23.0. The van der Waals surface area contributed by atoms with Crippen molar-refractivity contribution in [2.24, 2.45) is 0 Å². The van der Waals surface area contributed by atoms with Gasteiger partial charge in [0.05, 0.1) is 12.6 Å². The van der Waals surface area contributed by atoms with E-state index in [0.717, 1.165) is 54.6 Å². The van der Waals surface area contributed by atoms with Crippen LogP contribution in [0.4, 0.5) is 0 Å². The highest BCUT2D eigenvalue weighted by atomic mass is 16.5. The van der Waals surface area contributed by atoms with Crippen LogP contribution in [0.2, 0.25) is 0 Å². The van der Waals surface area contributed by atoms with Crippen LogP contribution in [0.25, 0.3) is 10.9 Å². The normalized spacial score (nSPS) is 19.6. The van der Waals surface area contributed by atoms with E-state index < -0.39 is 5.97 Å². The van der Waals surface area contributed by atoms with Gasteiger partial charge in [0.15, 0.2) is 0 Å². The van der Waals surface area contributed by atoms with Gasteiger partial charge in [-0.15, -0.1) is 0 Å². The summed E-state index contributed by atoms with van der Waals surface area (Å²) in [6.45, 7) is 4.05. The Kier molecular flexibility index (Phi) is 5.58. The average molecular weight is 448 g/mol. The third-order valence-electron chi connectivity index (χ3n) is 6.78. The zero-order valence-electron chi connectivity index (χ0n) is 19.0. The summed E-state index contributed by atoms with van der Waals surface area (Å²) < 4.78 is 11.6. The Balaban J connectivity index is 1.39. The number of hydrogen-bond acceptors (Lipinski definition) is 5. The van der Waals surface area contributed by atoms with E-state index in [9.17, 15) is 9.59 Å². The summed E-state index contributed by atoms with van der Waals surface area (Å²) in [4.78, 5) is 30.7. The first-order valence-corrected chi connectivity index (χ1v) is 11.5. The zero-order valence-corrected chi connectivity index (χ0v) is 19.0. The van der Waals surface area contributed by atoms with Gasteiger partial charge in [-0.3, -0.25) is 4.79 Å². The Morgan fingerprint density at radius 2 is 1.97 bits per heavy atom. The number of para-hydroxylation sites is 1. The fourth-order valence-corrected chi connectivity index (χ4v) is 4.91. The summed E-state index contributed by atoms with van der Waals surface area (Å²) in [6, 6.07) is 15.0. The molecule has 2 N–H and O–H groups in total. The van der Waals surface area contributed by atoms with E-state index in [-0.39, 0.29) is 17.6 Å². The van der Waals surface area contributed by atoms with Crippen molar-refractivity contribution in [2.45, 2.75) is 37.8 Å². The number of hydrogen-bond donors (Lipinski definition) is 2. The van der Waals surface area contributed by atoms with E-state index in [2.05, 4.69) is 22.2 Å². The minimum atomic E-state index is -0.401. The summed E-state index contributed by atoms with van der Waals surface area (Å²) >= 11 is 0. The highest BCUT2D eigenvalue weighted by molar-refractivity contribution is 6.00. The maximum absolute atomic E-state index is 13.3. The number of aromatic amines is 1. The van der Waals surface area contributed by atoms with Crippen LogP contribution in [0.15, 0.2) is 48.5 Å². The Morgan fingerprint density at radius 1 is 1.18 bits per heavy atom. The fourth-order valence-electron chi connectivity index (χ4n) is 4.91. The molecular weight excluding hydrogens is 418 g/mol. The van der Waals surface area contributed by atoms with Crippen molar-refractivity contribution < 1.29 is 19.1 Å². The van der Waals surface area contributed by atoms with E-state index in [0.29, 0.717) is 17.9 Å². The SMILES string of the molecule is CCOC(=O)c1cc2cc(C(=O)NC3CC4(CCN(C)CC4)Oc4ccccc43)ccc2[nH]1. The van der Waals surface area contributed by atoms with Crippen molar-refractivity contribution in [3.8, 4) is 5.75 Å². The van der Waals surface area contributed by atoms with Crippen LogP contribution < -0.4 is 10.1 Å². The fraction of sp³-hybridized carbons (Fsp3) is 0.385. The highest BCUT2D eigenvalue weighted by Gasteiger charge is 2.43. The van der Waals surface area contributed by atoms with Crippen molar-refractivity contribution >= 4 is 22.8 Å². The molecule has 1 fully saturated rings. The highest BCUT2D eigenvalue weighted by Crippen LogP contribution is 2.44. The smallest absolute Gasteiger partial charge is 0.354 e. The Bertz CT molecular complexity index is 1190. The molecule has 1 atom stereocenters. The molecule has 2 aliphatic rings. The number of aromatic nitrogens is 1. The molecule has 2 aliphatic heterocycles. The van der Waals surface area contributed by atoms with Crippen molar-refractivity contribution in [3.05, 3.63) is 65.4 Å². The number of ether oxygens (including phenoxy) is 2. The van der Waals surface area contributed by atoms with Crippen LogP contribution in [-0.2, 0) is 4.74 Å². The molecule has 0 radical (unpaired) electrons. The van der Waals surface area contributed by atoms with Crippen LogP contribution in [0.1, 0.15) is 58.6 Å². The van der Waals surface area contributed by atoms with Crippen LogP contribution in [0.3, 0.4) is 0 Å². The second kappa shape index (κ2) is 8.56. The van der Waals surface area contributed by atoms with Gasteiger partial charge in [-0.1, -0.05) is 18.2 Å². The average Bonchev–Trinajstić information content (AvgIpc) is 3.25. The summed E-state index contributed by atoms with van der Waals surface area (Å²) in [5, 5.41) is 4.05. The lowest BCUT2D eigenvalue weighted by Crippen LogP contribution is -2.51. The van der Waals surface area contributed by atoms with Gasteiger partial charge >= 0.3 is 5.97 Å². The molecule has 0 saturated carbocycles. The van der Waals surface area contributed by atoms with Gasteiger partial charge in [0, 0.05) is 41.5 Å². The monoisotopic (exact) mass is 447 g/mol. The van der Waals surface area contributed by atoms with Gasteiger partial charge in [-0.2, -0.15) is 0 Å². The van der Waals surface area contributed by atoms with Crippen LogP contribution in [0, 0.1) is 0 Å². The summed E-state index contributed by atoms with van der Waals surface area (Å²) in [7, 11) is 2.13. The maximum atomic E-state index is 13.3. The number of nitrogens with one attached hydrogen (secondary N) is 2. The molecule has 172 valence electrons. The number of esters is 1. The summed E-state index contributed by atoms with van der Waals surface area (Å²) in [5.74, 6) is 0.321. The lowest BCUT2D eigenvalue weighted by Gasteiger charge is -2.46. The number of amides is 1. The molecule has 3 heterocycles. The van der Waals surface area contributed by atoms with E-state index in [4.69, 9.17) is 9.47 Å². The van der Waals surface area contributed by atoms with Crippen LogP contribution in [0.5, 0.6) is 5.75 Å². The van der Waals surface area contributed by atoms with Gasteiger partial charge < -0.3 is 24.7 Å². The number of nitrogens with zero attached hydrogens (tertiary/aromatic N) is 1. The van der Waals surface area contributed by atoms with Gasteiger partial charge in [-0.25, -0.2) is 4.79 Å². The number of rotatable bonds is 4. The second-order valence-corrected chi connectivity index (χ2v) is 9.06. The third kappa shape index (κ3) is 4.20. The lowest BCUT2D eigenvalue weighted by atomic mass is 9.80. The molecule has 1 amide bonds. The maximum Gasteiger partial charge on any atom is 0.354 e. The Hall–Kier alpha value is -3.32. The number of benzene rings is 2. The van der Waals surface area contributed by atoms with Gasteiger partial charge in [-0.05, 0) is 57.1 Å². The molecule has 7 nitrogen and oxygen atoms in total. The molecule has 0 bridgehead atoms. The predicted molar refractivity (Wildman–Crippen MR) is 126 cm³/mol. The first-order valence-electron chi connectivity index (χ1n) is 11.5. The largest absolute Gasteiger partial charge is 0.487 e. The molecule has 1 aromatic heterocycles. The first kappa shape index (κ1) is 21.5. The van der Waals surface area contributed by atoms with E-state index in [1.165, 1.54) is 0 Å². The van der Waals surface area contributed by atoms with Crippen LogP contribution in [-0.4, -0.2) is 54.1 Å². The molecule has 33 heavy (non-hydrogen) atoms. The number of H-pyrrole nitrogens is 1. The lowest BCUT2D eigenvalue weighted by molar-refractivity contribution is -0.0195. The minimum Gasteiger partial charge on any atom is -0.487 e. The number of carbonyl (C=O) groups excluding carboxylic acids is 2. The third-order valence-corrected chi connectivity index (χ3v) is 6.78. The quantitative estimate of drug-likeness (QED) is 0.590. The molecule has 2 aromatic carbocycles. The van der Waals surface area contributed by atoms with Crippen LogP contribution >= 0.6 is 0 Å². The molecular formula is C26H29N3O4. The topological polar surface area (TPSA) is 83.7 Å². The molecule has 7 heteroatoms. The Morgan fingerprint density at radius 3 is 2.76 bits per heavy atom. The summed E-state index contributed by atoms with van der Waals surface area (Å²) in [6.07, 6.45) is 2.63. The number of likely N-dealkylation sites (tertiary alicyclic amines) is 1. The van der Waals surface area contributed by atoms with Gasteiger partial charge in [0.25, 0.3) is 5.91 Å². The standard InChI is InChI=1S/C26H29N3O4/c1-3-32-25(31)21-15-18-14-17(8-9-20(18)27-21)24(30)28-22-16-26(10-12-29(2)13-11-26)33-23-7-5-4-6-19(22)23/h4-9,14-15,22,27H,3,10-13,16H2,1-2H3,(H,28,30). The van der Waals surface area contributed by atoms with E-state index in [1.54, 1.807) is 25.1 Å². The molecule has 1 spiro atoms. The first-order chi connectivity index (χ1) is 16.0. The molecule has 1 unspecified atom stereocenters. The van der Waals surface area contributed by atoms with Crippen molar-refractivity contribution in [2.75, 3.05) is 26.7 Å². The van der Waals surface area contributed by atoms with Crippen molar-refractivity contribution in [1.29, 1.82) is 0 Å². The second-order valence-electron chi connectivity index (χ2n) is 9.06. The van der Waals surface area contributed by atoms with Gasteiger partial charge in [0.1, 0.15) is 17.0 Å². The van der Waals surface area contributed by atoms with Crippen molar-refractivity contribution in [3.63, 3.8) is 0 Å². The Labute approximate surface area is 193 Å². The number of fused-ring (bicyclic) bond motifs is 2. The number of piperidine rings is 1. The van der Waals surface area contributed by atoms with Gasteiger partial charge in [0.2, 0.25) is 0 Å².